The van der Waals surface area contributed by atoms with Crippen molar-refractivity contribution in [3.05, 3.63) is 243 Å². The summed E-state index contributed by atoms with van der Waals surface area (Å²) in [5.74, 6) is 0. The zero-order valence-electron chi connectivity index (χ0n) is 34.4. The molecule has 0 aliphatic carbocycles. The van der Waals surface area contributed by atoms with Gasteiger partial charge in [0, 0.05) is 47.9 Å². The van der Waals surface area contributed by atoms with Crippen LogP contribution >= 0.6 is 11.3 Å². The third-order valence-corrected chi connectivity index (χ3v) is 13.6. The van der Waals surface area contributed by atoms with Gasteiger partial charge < -0.3 is 9.47 Å². The molecule has 0 saturated heterocycles. The molecule has 0 bridgehead atoms. The Morgan fingerprint density at radius 2 is 0.810 bits per heavy atom. The normalized spacial score (nSPS) is 11.5. The molecular formula is C60H40N2S. The highest BCUT2D eigenvalue weighted by Crippen LogP contribution is 2.49. The van der Waals surface area contributed by atoms with Crippen LogP contribution in [-0.4, -0.2) is 4.57 Å². The van der Waals surface area contributed by atoms with Crippen molar-refractivity contribution in [2.75, 3.05) is 4.90 Å². The average molecular weight is 821 g/mol. The summed E-state index contributed by atoms with van der Waals surface area (Å²) in [4.78, 5) is 2.49. The summed E-state index contributed by atoms with van der Waals surface area (Å²) >= 11 is 1.86. The van der Waals surface area contributed by atoms with Gasteiger partial charge in [0.1, 0.15) is 0 Å². The van der Waals surface area contributed by atoms with Gasteiger partial charge in [0.05, 0.1) is 22.4 Å². The van der Waals surface area contributed by atoms with Crippen molar-refractivity contribution in [1.82, 2.24) is 4.57 Å². The number of nitrogens with zero attached hydrogens (tertiary/aromatic N) is 2. The fraction of sp³-hybridized carbons (Fsp3) is 0. The van der Waals surface area contributed by atoms with Gasteiger partial charge in [0.25, 0.3) is 0 Å². The van der Waals surface area contributed by atoms with E-state index in [1.54, 1.807) is 0 Å². The molecule has 2 aromatic heterocycles. The van der Waals surface area contributed by atoms with Crippen LogP contribution in [0.4, 0.5) is 17.1 Å². The van der Waals surface area contributed by atoms with Crippen LogP contribution in [0.5, 0.6) is 0 Å². The Morgan fingerprint density at radius 1 is 0.302 bits per heavy atom. The van der Waals surface area contributed by atoms with Gasteiger partial charge in [-0.2, -0.15) is 0 Å². The first-order valence-corrected chi connectivity index (χ1v) is 22.3. The molecule has 0 spiro atoms. The molecule has 0 radical (unpaired) electrons. The number of para-hydroxylation sites is 3. The topological polar surface area (TPSA) is 8.17 Å². The number of anilines is 3. The Kier molecular flexibility index (Phi) is 9.06. The summed E-state index contributed by atoms with van der Waals surface area (Å²) < 4.78 is 5.03. The van der Waals surface area contributed by atoms with E-state index in [9.17, 15) is 0 Å². The van der Waals surface area contributed by atoms with E-state index < -0.39 is 0 Å². The van der Waals surface area contributed by atoms with Crippen LogP contribution in [-0.2, 0) is 0 Å². The number of aromatic nitrogens is 1. The molecule has 0 unspecified atom stereocenters. The Bertz CT molecular complexity index is 3620. The van der Waals surface area contributed by atoms with Gasteiger partial charge >= 0.3 is 0 Å². The average Bonchev–Trinajstić information content (AvgIpc) is 3.92. The van der Waals surface area contributed by atoms with Crippen LogP contribution in [0.25, 0.3) is 92.2 Å². The van der Waals surface area contributed by atoms with Crippen molar-refractivity contribution < 1.29 is 0 Å². The number of thiophene rings is 1. The van der Waals surface area contributed by atoms with Crippen molar-refractivity contribution in [3.8, 4) is 50.2 Å². The van der Waals surface area contributed by atoms with E-state index in [1.807, 2.05) is 11.3 Å². The highest BCUT2D eigenvalue weighted by atomic mass is 32.1. The molecule has 2 nitrogen and oxygen atoms in total. The molecule has 296 valence electrons. The highest BCUT2D eigenvalue weighted by molar-refractivity contribution is 7.25. The lowest BCUT2D eigenvalue weighted by Gasteiger charge is -2.29. The second-order valence-corrected chi connectivity index (χ2v) is 17.1. The van der Waals surface area contributed by atoms with Crippen LogP contribution in [0.2, 0.25) is 0 Å². The second kappa shape index (κ2) is 15.5. The van der Waals surface area contributed by atoms with E-state index >= 15 is 0 Å². The van der Waals surface area contributed by atoms with Crippen LogP contribution in [0, 0.1) is 0 Å². The summed E-state index contributed by atoms with van der Waals surface area (Å²) in [6.07, 6.45) is 0. The fourth-order valence-electron chi connectivity index (χ4n) is 9.69. The van der Waals surface area contributed by atoms with Crippen molar-refractivity contribution in [1.29, 1.82) is 0 Å². The minimum absolute atomic E-state index is 1.08. The monoisotopic (exact) mass is 820 g/mol. The van der Waals surface area contributed by atoms with Crippen molar-refractivity contribution in [3.63, 3.8) is 0 Å². The van der Waals surface area contributed by atoms with Gasteiger partial charge in [-0.05, 0) is 99.6 Å². The third kappa shape index (κ3) is 6.24. The molecule has 3 heteroatoms. The SMILES string of the molecule is c1ccc(-c2ccccc2-c2ccccc2-c2ccccc2N(c2ccc(-c3cccc4sc5ccccc5c34)cc2)c2cccc3c2c2ccccc2n3-c2ccccc2)cc1. The maximum Gasteiger partial charge on any atom is 0.0562 e. The molecule has 0 aliphatic heterocycles. The van der Waals surface area contributed by atoms with Crippen molar-refractivity contribution in [2.24, 2.45) is 0 Å². The predicted molar refractivity (Wildman–Crippen MR) is 270 cm³/mol. The molecule has 12 rings (SSSR count). The number of benzene rings is 10. The maximum atomic E-state index is 2.49. The number of hydrogen-bond acceptors (Lipinski definition) is 2. The lowest BCUT2D eigenvalue weighted by atomic mass is 9.88. The number of rotatable bonds is 8. The van der Waals surface area contributed by atoms with Gasteiger partial charge in [-0.1, -0.05) is 182 Å². The first-order valence-electron chi connectivity index (χ1n) is 21.5. The van der Waals surface area contributed by atoms with E-state index in [0.29, 0.717) is 0 Å². The van der Waals surface area contributed by atoms with Crippen molar-refractivity contribution >= 4 is 70.4 Å². The molecule has 2 heterocycles. The summed E-state index contributed by atoms with van der Waals surface area (Å²) in [5, 5.41) is 5.04. The summed E-state index contributed by atoms with van der Waals surface area (Å²) in [7, 11) is 0. The maximum absolute atomic E-state index is 2.49. The van der Waals surface area contributed by atoms with Gasteiger partial charge in [0.2, 0.25) is 0 Å². The third-order valence-electron chi connectivity index (χ3n) is 12.4. The molecule has 10 aromatic carbocycles. The molecule has 0 aliphatic rings. The Balaban J connectivity index is 1.10. The van der Waals surface area contributed by atoms with Gasteiger partial charge in [0.15, 0.2) is 0 Å². The minimum Gasteiger partial charge on any atom is -0.309 e. The highest BCUT2D eigenvalue weighted by Gasteiger charge is 2.24. The molecule has 0 fully saturated rings. The lowest BCUT2D eigenvalue weighted by Crippen LogP contribution is -2.12. The molecular weight excluding hydrogens is 781 g/mol. The van der Waals surface area contributed by atoms with Crippen LogP contribution < -0.4 is 4.90 Å². The zero-order valence-corrected chi connectivity index (χ0v) is 35.2. The Hall–Kier alpha value is -7.98. The van der Waals surface area contributed by atoms with Gasteiger partial charge in [-0.25, -0.2) is 0 Å². The van der Waals surface area contributed by atoms with Crippen LogP contribution in [0.1, 0.15) is 0 Å². The molecule has 0 amide bonds. The predicted octanol–water partition coefficient (Wildman–Crippen LogP) is 17.3. The Labute approximate surface area is 370 Å². The standard InChI is InChI=1S/C60H40N2S/c1-3-19-41(20-4-1)45-23-7-8-24-47(45)48-25-9-10-26-49(48)50-27-11-14-31-53(50)62(44-39-37-42(38-40-44)46-30-17-36-58-59(46)52-29-13-16-35-57(52)63-58)56-34-18-33-55-60(56)51-28-12-15-32-54(51)61(55)43-21-5-2-6-22-43/h1-40H. The first kappa shape index (κ1) is 36.8. The summed E-state index contributed by atoms with van der Waals surface area (Å²) in [6.45, 7) is 0. The minimum atomic E-state index is 1.08. The van der Waals surface area contributed by atoms with Crippen LogP contribution in [0.15, 0.2) is 243 Å². The first-order chi connectivity index (χ1) is 31.3. The van der Waals surface area contributed by atoms with E-state index in [4.69, 9.17) is 0 Å². The molecule has 0 saturated carbocycles. The van der Waals surface area contributed by atoms with Crippen LogP contribution in [0.3, 0.4) is 0 Å². The molecule has 0 N–H and O–H groups in total. The fourth-order valence-corrected chi connectivity index (χ4v) is 10.8. The second-order valence-electron chi connectivity index (χ2n) is 16.0. The van der Waals surface area contributed by atoms with Gasteiger partial charge in [-0.15, -0.1) is 11.3 Å². The van der Waals surface area contributed by atoms with E-state index in [0.717, 1.165) is 33.8 Å². The lowest BCUT2D eigenvalue weighted by molar-refractivity contribution is 1.18. The molecule has 0 atom stereocenters. The summed E-state index contributed by atoms with van der Waals surface area (Å²) in [5.41, 5.74) is 16.3. The van der Waals surface area contributed by atoms with E-state index in [2.05, 4.69) is 252 Å². The summed E-state index contributed by atoms with van der Waals surface area (Å²) in [6, 6.07) is 88.4. The smallest absolute Gasteiger partial charge is 0.0562 e. The number of hydrogen-bond donors (Lipinski definition) is 0. The largest absolute Gasteiger partial charge is 0.309 e. The quantitative estimate of drug-likeness (QED) is 0.148. The van der Waals surface area contributed by atoms with Gasteiger partial charge in [-0.3, -0.25) is 0 Å². The number of fused-ring (bicyclic) bond motifs is 6. The molecule has 63 heavy (non-hydrogen) atoms. The Morgan fingerprint density at radius 3 is 1.59 bits per heavy atom. The van der Waals surface area contributed by atoms with E-state index in [1.165, 1.54) is 75.4 Å². The zero-order chi connectivity index (χ0) is 41.7. The van der Waals surface area contributed by atoms with Crippen molar-refractivity contribution in [2.45, 2.75) is 0 Å². The van der Waals surface area contributed by atoms with E-state index in [-0.39, 0.29) is 0 Å². The molecule has 12 aromatic rings.